The van der Waals surface area contributed by atoms with Crippen LogP contribution >= 0.6 is 11.6 Å². The molecule has 0 aliphatic heterocycles. The molecule has 0 N–H and O–H groups in total. The lowest BCUT2D eigenvalue weighted by molar-refractivity contribution is 0.102. The Hall–Kier alpha value is -2.59. The molecule has 1 aromatic carbocycles. The third kappa shape index (κ3) is 3.27. The molecule has 5 heteroatoms. The lowest BCUT2D eigenvalue weighted by Gasteiger charge is -2.04. The number of hydrogen-bond donors (Lipinski definition) is 0. The number of allylic oxidation sites excluding steroid dienone is 1. The van der Waals surface area contributed by atoms with Crippen molar-refractivity contribution in [1.29, 1.82) is 0 Å². The zero-order valence-electron chi connectivity index (χ0n) is 12.7. The van der Waals surface area contributed by atoms with Crippen molar-refractivity contribution < 1.29 is 13.9 Å². The molecule has 3 aromatic rings. The summed E-state index contributed by atoms with van der Waals surface area (Å²) in [6.45, 7) is 1.79. The van der Waals surface area contributed by atoms with Gasteiger partial charge in [0.25, 0.3) is 0 Å². The lowest BCUT2D eigenvalue weighted by atomic mass is 10.1. The van der Waals surface area contributed by atoms with Gasteiger partial charge >= 0.3 is 0 Å². The first-order valence-corrected chi connectivity index (χ1v) is 7.38. The van der Waals surface area contributed by atoms with Crippen LogP contribution in [0.4, 0.5) is 0 Å². The van der Waals surface area contributed by atoms with Crippen molar-refractivity contribution >= 4 is 34.4 Å². The second kappa shape index (κ2) is 6.26. The van der Waals surface area contributed by atoms with Crippen LogP contribution in [0.1, 0.15) is 21.9 Å². The highest BCUT2D eigenvalue weighted by Gasteiger charge is 2.08. The number of aromatic nitrogens is 1. The van der Waals surface area contributed by atoms with E-state index in [9.17, 15) is 4.79 Å². The number of carbonyl (C=O) groups is 1. The normalized spacial score (nSPS) is 11.3. The minimum atomic E-state index is -0.222. The summed E-state index contributed by atoms with van der Waals surface area (Å²) in [6, 6.07) is 10.8. The number of fused-ring (bicyclic) bond motifs is 1. The smallest absolute Gasteiger partial charge is 0.221 e. The number of hydrogen-bond acceptors (Lipinski definition) is 4. The van der Waals surface area contributed by atoms with Crippen LogP contribution < -0.4 is 4.74 Å². The summed E-state index contributed by atoms with van der Waals surface area (Å²) < 4.78 is 10.5. The standard InChI is InChI=1S/C18H14ClNO3/c1-11-3-8-17(23-11)16(21)7-4-12-9-13-10-14(22-2)5-6-15(13)20-18(12)19/h3-10H,1-2H3/b7-4+. The number of nitrogens with zero attached hydrogens (tertiary/aromatic N) is 1. The van der Waals surface area contributed by atoms with Gasteiger partial charge in [-0.2, -0.15) is 0 Å². The zero-order valence-corrected chi connectivity index (χ0v) is 13.4. The molecule has 2 heterocycles. The number of furan rings is 1. The summed E-state index contributed by atoms with van der Waals surface area (Å²) in [4.78, 5) is 16.4. The Labute approximate surface area is 138 Å². The van der Waals surface area contributed by atoms with Crippen molar-refractivity contribution in [3.63, 3.8) is 0 Å². The number of aryl methyl sites for hydroxylation is 1. The second-order valence-electron chi connectivity index (χ2n) is 5.03. The first-order chi connectivity index (χ1) is 11.1. The monoisotopic (exact) mass is 327 g/mol. The van der Waals surface area contributed by atoms with E-state index >= 15 is 0 Å². The summed E-state index contributed by atoms with van der Waals surface area (Å²) >= 11 is 6.18. The largest absolute Gasteiger partial charge is 0.497 e. The Morgan fingerprint density at radius 2 is 2.09 bits per heavy atom. The van der Waals surface area contributed by atoms with E-state index in [1.54, 1.807) is 32.2 Å². The number of pyridine rings is 1. The number of carbonyl (C=O) groups excluding carboxylic acids is 1. The van der Waals surface area contributed by atoms with Gasteiger partial charge in [-0.05, 0) is 55.5 Å². The van der Waals surface area contributed by atoms with Crippen LogP contribution in [0.5, 0.6) is 5.75 Å². The van der Waals surface area contributed by atoms with E-state index in [-0.39, 0.29) is 5.78 Å². The third-order valence-corrected chi connectivity index (χ3v) is 3.70. The van der Waals surface area contributed by atoms with Gasteiger partial charge in [-0.1, -0.05) is 11.6 Å². The molecule has 0 aliphatic rings. The van der Waals surface area contributed by atoms with Gasteiger partial charge in [0.05, 0.1) is 12.6 Å². The molecule has 0 bridgehead atoms. The van der Waals surface area contributed by atoms with Crippen LogP contribution in [0, 0.1) is 6.92 Å². The number of methoxy groups -OCH3 is 1. The van der Waals surface area contributed by atoms with E-state index in [1.165, 1.54) is 6.08 Å². The first kappa shape index (κ1) is 15.3. The number of ether oxygens (including phenoxy) is 1. The van der Waals surface area contributed by atoms with Gasteiger partial charge in [-0.25, -0.2) is 4.98 Å². The maximum absolute atomic E-state index is 12.0. The van der Waals surface area contributed by atoms with E-state index in [0.29, 0.717) is 22.2 Å². The average Bonchev–Trinajstić information content (AvgIpc) is 2.98. The van der Waals surface area contributed by atoms with Crippen molar-refractivity contribution in [3.05, 3.63) is 64.7 Å². The number of rotatable bonds is 4. The van der Waals surface area contributed by atoms with Crippen LogP contribution in [-0.4, -0.2) is 17.9 Å². The van der Waals surface area contributed by atoms with Crippen LogP contribution in [0.25, 0.3) is 17.0 Å². The molecule has 0 atom stereocenters. The van der Waals surface area contributed by atoms with Crippen LogP contribution in [0.3, 0.4) is 0 Å². The van der Waals surface area contributed by atoms with Gasteiger partial charge in [0.2, 0.25) is 5.78 Å². The molecule has 0 unspecified atom stereocenters. The van der Waals surface area contributed by atoms with Gasteiger partial charge in [-0.15, -0.1) is 0 Å². The average molecular weight is 328 g/mol. The molecule has 3 rings (SSSR count). The SMILES string of the molecule is COc1ccc2nc(Cl)c(/C=C/C(=O)c3ccc(C)o3)cc2c1. The van der Waals surface area contributed by atoms with Crippen LogP contribution in [0.2, 0.25) is 5.15 Å². The van der Waals surface area contributed by atoms with Gasteiger partial charge in [0.1, 0.15) is 16.7 Å². The fourth-order valence-corrected chi connectivity index (χ4v) is 2.41. The van der Waals surface area contributed by atoms with Crippen molar-refractivity contribution in [3.8, 4) is 5.75 Å². The Morgan fingerprint density at radius 3 is 2.78 bits per heavy atom. The summed E-state index contributed by atoms with van der Waals surface area (Å²) in [5.41, 5.74) is 1.42. The summed E-state index contributed by atoms with van der Waals surface area (Å²) in [6.07, 6.45) is 3.06. The molecule has 0 spiro atoms. The molecule has 2 aromatic heterocycles. The third-order valence-electron chi connectivity index (χ3n) is 3.40. The predicted molar refractivity (Wildman–Crippen MR) is 90.1 cm³/mol. The quantitative estimate of drug-likeness (QED) is 0.396. The minimum Gasteiger partial charge on any atom is -0.497 e. The molecular formula is C18H14ClNO3. The summed E-state index contributed by atoms with van der Waals surface area (Å²) in [5, 5.41) is 1.22. The molecule has 23 heavy (non-hydrogen) atoms. The Bertz CT molecular complexity index is 912. The fraction of sp³-hybridized carbons (Fsp3) is 0.111. The second-order valence-corrected chi connectivity index (χ2v) is 5.39. The summed E-state index contributed by atoms with van der Waals surface area (Å²) in [7, 11) is 1.61. The van der Waals surface area contributed by atoms with Gasteiger partial charge in [0, 0.05) is 10.9 Å². The van der Waals surface area contributed by atoms with Gasteiger partial charge < -0.3 is 9.15 Å². The van der Waals surface area contributed by atoms with Crippen molar-refractivity contribution in [2.75, 3.05) is 7.11 Å². The van der Waals surface area contributed by atoms with Crippen molar-refractivity contribution in [2.24, 2.45) is 0 Å². The molecule has 4 nitrogen and oxygen atoms in total. The summed E-state index contributed by atoms with van der Waals surface area (Å²) in [5.74, 6) is 1.50. The van der Waals surface area contributed by atoms with Gasteiger partial charge in [-0.3, -0.25) is 4.79 Å². The molecule has 0 saturated heterocycles. The molecule has 116 valence electrons. The maximum atomic E-state index is 12.0. The molecule has 0 radical (unpaired) electrons. The highest BCUT2D eigenvalue weighted by molar-refractivity contribution is 6.31. The maximum Gasteiger partial charge on any atom is 0.221 e. The van der Waals surface area contributed by atoms with E-state index < -0.39 is 0 Å². The van der Waals surface area contributed by atoms with Crippen LogP contribution in [0.15, 0.2) is 46.9 Å². The number of halogens is 1. The molecule has 0 amide bonds. The van der Waals surface area contributed by atoms with Crippen LogP contribution in [-0.2, 0) is 0 Å². The lowest BCUT2D eigenvalue weighted by Crippen LogP contribution is -1.91. The molecule has 0 fully saturated rings. The first-order valence-electron chi connectivity index (χ1n) is 7.00. The van der Waals surface area contributed by atoms with E-state index in [4.69, 9.17) is 20.8 Å². The Balaban J connectivity index is 1.94. The molecule has 0 saturated carbocycles. The van der Waals surface area contributed by atoms with E-state index in [0.717, 1.165) is 16.7 Å². The van der Waals surface area contributed by atoms with E-state index in [1.807, 2.05) is 24.3 Å². The van der Waals surface area contributed by atoms with Gasteiger partial charge in [0.15, 0.2) is 5.76 Å². The number of benzene rings is 1. The Kier molecular flexibility index (Phi) is 4.17. The van der Waals surface area contributed by atoms with E-state index in [2.05, 4.69) is 4.98 Å². The number of ketones is 1. The highest BCUT2D eigenvalue weighted by atomic mass is 35.5. The van der Waals surface area contributed by atoms with Crippen molar-refractivity contribution in [2.45, 2.75) is 6.92 Å². The zero-order chi connectivity index (χ0) is 16.4. The highest BCUT2D eigenvalue weighted by Crippen LogP contribution is 2.25. The predicted octanol–water partition coefficient (Wildman–Crippen LogP) is 4.69. The molecular weight excluding hydrogens is 314 g/mol. The Morgan fingerprint density at radius 1 is 1.26 bits per heavy atom. The topological polar surface area (TPSA) is 52.3 Å². The minimum absolute atomic E-state index is 0.222. The fourth-order valence-electron chi connectivity index (χ4n) is 2.21. The molecule has 0 aliphatic carbocycles. The van der Waals surface area contributed by atoms with Crippen molar-refractivity contribution in [1.82, 2.24) is 4.98 Å².